The molecule has 0 bridgehead atoms. The molecule has 0 aromatic carbocycles. The molecule has 0 atom stereocenters. The first-order valence-corrected chi connectivity index (χ1v) is 9.41. The van der Waals surface area contributed by atoms with Crippen LogP contribution in [-0.4, -0.2) is 38.8 Å². The van der Waals surface area contributed by atoms with Crippen LogP contribution in [0.3, 0.4) is 0 Å². The van der Waals surface area contributed by atoms with Gasteiger partial charge in [-0.1, -0.05) is 31.9 Å². The molecule has 0 aromatic heterocycles. The van der Waals surface area contributed by atoms with Gasteiger partial charge in [0.05, 0.1) is 13.2 Å². The molecule has 0 spiro atoms. The second-order valence-electron chi connectivity index (χ2n) is 7.51. The molecule has 0 radical (unpaired) electrons. The molecule has 2 N–H and O–H groups in total. The molecular formula is C19H35N3O. The van der Waals surface area contributed by atoms with Gasteiger partial charge in [0.15, 0.2) is 5.96 Å². The standard InChI is InChI=1S/C19H35N3O/c1-4-20-18(21-11-6-17-7-12-23-13-8-17)22-15-19(9-5-10-19)14-16(2)3/h7,16H,4-6,8-15H2,1-3H3,(H2,20,21,22). The summed E-state index contributed by atoms with van der Waals surface area (Å²) < 4.78 is 5.36. The van der Waals surface area contributed by atoms with E-state index in [1.165, 1.54) is 31.3 Å². The van der Waals surface area contributed by atoms with E-state index >= 15 is 0 Å². The number of nitrogens with one attached hydrogen (secondary N) is 2. The van der Waals surface area contributed by atoms with Gasteiger partial charge in [-0.25, -0.2) is 0 Å². The fourth-order valence-electron chi connectivity index (χ4n) is 3.69. The monoisotopic (exact) mass is 321 g/mol. The quantitative estimate of drug-likeness (QED) is 0.409. The van der Waals surface area contributed by atoms with Gasteiger partial charge in [-0.05, 0) is 50.4 Å². The zero-order valence-electron chi connectivity index (χ0n) is 15.3. The minimum atomic E-state index is 0.472. The Labute approximate surface area is 142 Å². The Morgan fingerprint density at radius 3 is 2.74 bits per heavy atom. The van der Waals surface area contributed by atoms with Crippen molar-refractivity contribution in [3.05, 3.63) is 11.6 Å². The van der Waals surface area contributed by atoms with E-state index in [4.69, 9.17) is 9.73 Å². The molecule has 1 aliphatic carbocycles. The molecule has 0 unspecified atom stereocenters. The van der Waals surface area contributed by atoms with Crippen LogP contribution in [0.5, 0.6) is 0 Å². The highest BCUT2D eigenvalue weighted by molar-refractivity contribution is 5.79. The summed E-state index contributed by atoms with van der Waals surface area (Å²) in [6.45, 7) is 11.3. The van der Waals surface area contributed by atoms with Gasteiger partial charge in [-0.3, -0.25) is 4.99 Å². The largest absolute Gasteiger partial charge is 0.377 e. The highest BCUT2D eigenvalue weighted by Gasteiger charge is 2.37. The summed E-state index contributed by atoms with van der Waals surface area (Å²) in [5.74, 6) is 1.75. The van der Waals surface area contributed by atoms with Crippen molar-refractivity contribution in [3.63, 3.8) is 0 Å². The van der Waals surface area contributed by atoms with Crippen molar-refractivity contribution < 1.29 is 4.74 Å². The number of hydrogen-bond donors (Lipinski definition) is 2. The zero-order chi connectivity index (χ0) is 16.5. The number of hydrogen-bond acceptors (Lipinski definition) is 2. The van der Waals surface area contributed by atoms with Crippen molar-refractivity contribution >= 4 is 5.96 Å². The number of rotatable bonds is 8. The molecule has 1 aliphatic heterocycles. The molecule has 0 aromatic rings. The summed E-state index contributed by atoms with van der Waals surface area (Å²) in [4.78, 5) is 4.89. The Bertz CT molecular complexity index is 411. The summed E-state index contributed by atoms with van der Waals surface area (Å²) in [6.07, 6.45) is 9.77. The molecule has 1 saturated carbocycles. The Morgan fingerprint density at radius 2 is 2.17 bits per heavy atom. The number of ether oxygens (including phenoxy) is 1. The summed E-state index contributed by atoms with van der Waals surface area (Å²) in [7, 11) is 0. The number of guanidine groups is 1. The van der Waals surface area contributed by atoms with E-state index in [0.29, 0.717) is 5.41 Å². The fourth-order valence-corrected chi connectivity index (χ4v) is 3.69. The normalized spacial score (nSPS) is 20.9. The van der Waals surface area contributed by atoms with E-state index in [0.717, 1.165) is 57.6 Å². The summed E-state index contributed by atoms with van der Waals surface area (Å²) in [6, 6.07) is 0. The topological polar surface area (TPSA) is 45.7 Å². The highest BCUT2D eigenvalue weighted by atomic mass is 16.5. The minimum absolute atomic E-state index is 0.472. The zero-order valence-corrected chi connectivity index (χ0v) is 15.3. The second kappa shape index (κ2) is 9.31. The molecule has 2 aliphatic rings. The first kappa shape index (κ1) is 18.3. The van der Waals surface area contributed by atoms with E-state index in [1.54, 1.807) is 0 Å². The third kappa shape index (κ3) is 6.17. The average molecular weight is 322 g/mol. The van der Waals surface area contributed by atoms with E-state index in [1.807, 2.05) is 0 Å². The molecule has 1 heterocycles. The van der Waals surface area contributed by atoms with Gasteiger partial charge >= 0.3 is 0 Å². The summed E-state index contributed by atoms with van der Waals surface area (Å²) in [5.41, 5.74) is 1.98. The molecule has 0 amide bonds. The maximum atomic E-state index is 5.36. The first-order valence-electron chi connectivity index (χ1n) is 9.41. The molecule has 4 nitrogen and oxygen atoms in total. The van der Waals surface area contributed by atoms with Gasteiger partial charge in [0, 0.05) is 19.6 Å². The van der Waals surface area contributed by atoms with Crippen LogP contribution >= 0.6 is 0 Å². The maximum Gasteiger partial charge on any atom is 0.191 e. The van der Waals surface area contributed by atoms with E-state index in [-0.39, 0.29) is 0 Å². The predicted molar refractivity (Wildman–Crippen MR) is 97.9 cm³/mol. The maximum absolute atomic E-state index is 5.36. The molecule has 1 fully saturated rings. The average Bonchev–Trinajstić information content (AvgIpc) is 2.50. The van der Waals surface area contributed by atoms with Crippen molar-refractivity contribution in [3.8, 4) is 0 Å². The van der Waals surface area contributed by atoms with Crippen molar-refractivity contribution in [1.29, 1.82) is 0 Å². The summed E-state index contributed by atoms with van der Waals surface area (Å²) >= 11 is 0. The molecule has 2 rings (SSSR count). The Balaban J connectivity index is 1.80. The Hall–Kier alpha value is -1.03. The molecule has 132 valence electrons. The van der Waals surface area contributed by atoms with Crippen LogP contribution in [0.15, 0.2) is 16.6 Å². The van der Waals surface area contributed by atoms with Crippen LogP contribution in [0.1, 0.15) is 59.3 Å². The molecule has 0 saturated heterocycles. The Morgan fingerprint density at radius 1 is 1.35 bits per heavy atom. The highest BCUT2D eigenvalue weighted by Crippen LogP contribution is 2.46. The molecule has 23 heavy (non-hydrogen) atoms. The SMILES string of the molecule is CCNC(=NCC1(CC(C)C)CCC1)NCCC1=CCOCC1. The predicted octanol–water partition coefficient (Wildman–Crippen LogP) is 3.49. The second-order valence-corrected chi connectivity index (χ2v) is 7.51. The van der Waals surface area contributed by atoms with Crippen molar-refractivity contribution in [2.45, 2.75) is 59.3 Å². The fraction of sp³-hybridized carbons (Fsp3) is 0.842. The van der Waals surface area contributed by atoms with Crippen LogP contribution in [0, 0.1) is 11.3 Å². The lowest BCUT2D eigenvalue weighted by Crippen LogP contribution is -2.40. The first-order chi connectivity index (χ1) is 11.1. The van der Waals surface area contributed by atoms with Crippen LogP contribution in [-0.2, 0) is 4.74 Å². The number of aliphatic imine (C=N–C) groups is 1. The molecule has 4 heteroatoms. The van der Waals surface area contributed by atoms with Crippen LogP contribution in [0.4, 0.5) is 0 Å². The molecular weight excluding hydrogens is 286 g/mol. The number of nitrogens with zero attached hydrogens (tertiary/aromatic N) is 1. The van der Waals surface area contributed by atoms with Crippen LogP contribution in [0.2, 0.25) is 0 Å². The minimum Gasteiger partial charge on any atom is -0.377 e. The lowest BCUT2D eigenvalue weighted by atomic mass is 9.64. The Kier molecular flexibility index (Phi) is 7.41. The van der Waals surface area contributed by atoms with Crippen LogP contribution in [0.25, 0.3) is 0 Å². The van der Waals surface area contributed by atoms with Crippen molar-refractivity contribution in [2.24, 2.45) is 16.3 Å². The van der Waals surface area contributed by atoms with E-state index in [9.17, 15) is 0 Å². The van der Waals surface area contributed by atoms with Gasteiger partial charge in [-0.2, -0.15) is 0 Å². The van der Waals surface area contributed by atoms with E-state index in [2.05, 4.69) is 37.5 Å². The summed E-state index contributed by atoms with van der Waals surface area (Å²) in [5, 5.41) is 6.89. The van der Waals surface area contributed by atoms with Crippen molar-refractivity contribution in [1.82, 2.24) is 10.6 Å². The van der Waals surface area contributed by atoms with Crippen LogP contribution < -0.4 is 10.6 Å². The van der Waals surface area contributed by atoms with Gasteiger partial charge in [0.2, 0.25) is 0 Å². The lowest BCUT2D eigenvalue weighted by Gasteiger charge is -2.42. The lowest BCUT2D eigenvalue weighted by molar-refractivity contribution is 0.111. The van der Waals surface area contributed by atoms with Gasteiger partial charge in [0.1, 0.15) is 0 Å². The van der Waals surface area contributed by atoms with Crippen molar-refractivity contribution in [2.75, 3.05) is 32.8 Å². The van der Waals surface area contributed by atoms with Gasteiger partial charge < -0.3 is 15.4 Å². The third-order valence-corrected chi connectivity index (χ3v) is 4.97. The van der Waals surface area contributed by atoms with Gasteiger partial charge in [0.25, 0.3) is 0 Å². The van der Waals surface area contributed by atoms with E-state index < -0.39 is 0 Å². The smallest absolute Gasteiger partial charge is 0.191 e. The van der Waals surface area contributed by atoms with Gasteiger partial charge in [-0.15, -0.1) is 0 Å². The third-order valence-electron chi connectivity index (χ3n) is 4.97.